The molecule has 2 fully saturated rings. The Morgan fingerprint density at radius 1 is 1.30 bits per heavy atom. The van der Waals surface area contributed by atoms with Crippen LogP contribution in [0.5, 0.6) is 0 Å². The lowest BCUT2D eigenvalue weighted by Crippen LogP contribution is -2.40. The molecule has 0 spiro atoms. The number of aromatic nitrogens is 2. The third-order valence-corrected chi connectivity index (χ3v) is 5.06. The second kappa shape index (κ2) is 5.89. The standard InChI is InChI=1S/C17H19ClN4O/c18-14-4-1-12(2-5-14)9-21-11-15(8-19-21)20-17(23)22-10-13-3-6-16(22)7-13/h1-2,4-5,8,11,13,16H,3,6-7,9-10H2,(H,20,23). The lowest BCUT2D eigenvalue weighted by atomic mass is 10.1. The van der Waals surface area contributed by atoms with Gasteiger partial charge in [0.2, 0.25) is 0 Å². The molecule has 2 heterocycles. The SMILES string of the molecule is O=C(Nc1cnn(Cc2ccc(Cl)cc2)c1)N1CC2CCC1C2. The molecule has 1 aliphatic heterocycles. The van der Waals surface area contributed by atoms with E-state index in [1.54, 1.807) is 6.20 Å². The largest absolute Gasteiger partial charge is 0.322 e. The Kier molecular flexibility index (Phi) is 3.73. The van der Waals surface area contributed by atoms with Crippen LogP contribution < -0.4 is 5.32 Å². The number of fused-ring (bicyclic) bond motifs is 2. The third kappa shape index (κ3) is 3.06. The summed E-state index contributed by atoms with van der Waals surface area (Å²) in [6.45, 7) is 1.55. The average molecular weight is 331 g/mol. The van der Waals surface area contributed by atoms with E-state index < -0.39 is 0 Å². The molecule has 120 valence electrons. The Hall–Kier alpha value is -2.01. The first kappa shape index (κ1) is 14.6. The van der Waals surface area contributed by atoms with E-state index in [2.05, 4.69) is 10.4 Å². The molecule has 23 heavy (non-hydrogen) atoms. The van der Waals surface area contributed by atoms with Gasteiger partial charge in [0.05, 0.1) is 18.4 Å². The van der Waals surface area contributed by atoms with Gasteiger partial charge in [-0.15, -0.1) is 0 Å². The number of likely N-dealkylation sites (tertiary alicyclic amines) is 1. The van der Waals surface area contributed by atoms with Gasteiger partial charge in [0.15, 0.2) is 0 Å². The second-order valence-corrected chi connectivity index (χ2v) is 6.90. The zero-order chi connectivity index (χ0) is 15.8. The van der Waals surface area contributed by atoms with Crippen molar-refractivity contribution in [3.63, 3.8) is 0 Å². The van der Waals surface area contributed by atoms with Crippen LogP contribution in [0, 0.1) is 5.92 Å². The van der Waals surface area contributed by atoms with Crippen molar-refractivity contribution < 1.29 is 4.79 Å². The Morgan fingerprint density at radius 2 is 2.13 bits per heavy atom. The maximum absolute atomic E-state index is 12.4. The van der Waals surface area contributed by atoms with Gasteiger partial charge in [-0.2, -0.15) is 5.10 Å². The van der Waals surface area contributed by atoms with Gasteiger partial charge < -0.3 is 10.2 Å². The molecule has 5 nitrogen and oxygen atoms in total. The third-order valence-electron chi connectivity index (χ3n) is 4.81. The van der Waals surface area contributed by atoms with Gasteiger partial charge >= 0.3 is 6.03 Å². The molecular formula is C17H19ClN4O. The van der Waals surface area contributed by atoms with Crippen LogP contribution in [0.25, 0.3) is 0 Å². The second-order valence-electron chi connectivity index (χ2n) is 6.47. The number of carbonyl (C=O) groups excluding carboxylic acids is 1. The molecule has 2 amide bonds. The van der Waals surface area contributed by atoms with Crippen molar-refractivity contribution >= 4 is 23.3 Å². The quantitative estimate of drug-likeness (QED) is 0.934. The van der Waals surface area contributed by atoms with E-state index in [4.69, 9.17) is 11.6 Å². The predicted molar refractivity (Wildman–Crippen MR) is 89.6 cm³/mol. The highest BCUT2D eigenvalue weighted by Gasteiger charge is 2.40. The highest BCUT2D eigenvalue weighted by Crippen LogP contribution is 2.37. The van der Waals surface area contributed by atoms with Crippen molar-refractivity contribution in [3.05, 3.63) is 47.2 Å². The minimum Gasteiger partial charge on any atom is -0.321 e. The van der Waals surface area contributed by atoms with Gasteiger partial charge in [0, 0.05) is 23.8 Å². The molecule has 1 saturated heterocycles. The van der Waals surface area contributed by atoms with Crippen molar-refractivity contribution in [1.82, 2.24) is 14.7 Å². The molecule has 1 N–H and O–H groups in total. The maximum atomic E-state index is 12.4. The van der Waals surface area contributed by atoms with Crippen LogP contribution in [0.1, 0.15) is 24.8 Å². The Balaban J connectivity index is 1.38. The summed E-state index contributed by atoms with van der Waals surface area (Å²) in [6.07, 6.45) is 7.15. The maximum Gasteiger partial charge on any atom is 0.322 e. The number of hydrogen-bond donors (Lipinski definition) is 1. The van der Waals surface area contributed by atoms with Gasteiger partial charge in [-0.3, -0.25) is 4.68 Å². The van der Waals surface area contributed by atoms with Crippen molar-refractivity contribution in [1.29, 1.82) is 0 Å². The lowest BCUT2D eigenvalue weighted by Gasteiger charge is -2.26. The van der Waals surface area contributed by atoms with Crippen molar-refractivity contribution in [2.75, 3.05) is 11.9 Å². The number of nitrogens with zero attached hydrogens (tertiary/aromatic N) is 3. The molecule has 2 atom stereocenters. The molecule has 2 aromatic rings. The average Bonchev–Trinajstić information content (AvgIpc) is 3.26. The number of nitrogens with one attached hydrogen (secondary N) is 1. The monoisotopic (exact) mass is 330 g/mol. The fraction of sp³-hybridized carbons (Fsp3) is 0.412. The lowest BCUT2D eigenvalue weighted by molar-refractivity contribution is 0.194. The van der Waals surface area contributed by atoms with Crippen LogP contribution in [-0.2, 0) is 6.54 Å². The Labute approximate surface area is 140 Å². The molecular weight excluding hydrogens is 312 g/mol. The van der Waals surface area contributed by atoms with E-state index in [1.807, 2.05) is 40.0 Å². The van der Waals surface area contributed by atoms with E-state index in [-0.39, 0.29) is 6.03 Å². The van der Waals surface area contributed by atoms with E-state index in [9.17, 15) is 4.79 Å². The number of hydrogen-bond acceptors (Lipinski definition) is 2. The summed E-state index contributed by atoms with van der Waals surface area (Å²) >= 11 is 5.89. The van der Waals surface area contributed by atoms with Gasteiger partial charge in [-0.1, -0.05) is 23.7 Å². The molecule has 1 aromatic heterocycles. The minimum atomic E-state index is 0.00300. The van der Waals surface area contributed by atoms with Crippen LogP contribution in [0.2, 0.25) is 5.02 Å². The van der Waals surface area contributed by atoms with E-state index >= 15 is 0 Å². The fourth-order valence-corrected chi connectivity index (χ4v) is 3.79. The van der Waals surface area contributed by atoms with E-state index in [0.29, 0.717) is 18.5 Å². The van der Waals surface area contributed by atoms with Gasteiger partial charge in [0.25, 0.3) is 0 Å². The summed E-state index contributed by atoms with van der Waals surface area (Å²) in [7, 11) is 0. The van der Waals surface area contributed by atoms with Crippen molar-refractivity contribution in [3.8, 4) is 0 Å². The summed E-state index contributed by atoms with van der Waals surface area (Å²) in [4.78, 5) is 14.3. The van der Waals surface area contributed by atoms with Crippen LogP contribution in [0.4, 0.5) is 10.5 Å². The highest BCUT2D eigenvalue weighted by molar-refractivity contribution is 6.30. The Morgan fingerprint density at radius 3 is 2.83 bits per heavy atom. The molecule has 0 radical (unpaired) electrons. The molecule has 6 heteroatoms. The summed E-state index contributed by atoms with van der Waals surface area (Å²) in [5.74, 6) is 0.707. The normalized spacial score (nSPS) is 22.6. The topological polar surface area (TPSA) is 50.2 Å². The van der Waals surface area contributed by atoms with Crippen LogP contribution in [0.15, 0.2) is 36.7 Å². The predicted octanol–water partition coefficient (Wildman–Crippen LogP) is 3.60. The molecule has 2 aliphatic rings. The number of urea groups is 1. The number of amides is 2. The van der Waals surface area contributed by atoms with Crippen LogP contribution >= 0.6 is 11.6 Å². The number of rotatable bonds is 3. The summed E-state index contributed by atoms with van der Waals surface area (Å²) in [5.41, 5.74) is 1.86. The van der Waals surface area contributed by atoms with Gasteiger partial charge in [-0.05, 0) is 42.9 Å². The molecule has 2 bridgehead atoms. The molecule has 1 aromatic carbocycles. The zero-order valence-electron chi connectivity index (χ0n) is 12.8. The highest BCUT2D eigenvalue weighted by atomic mass is 35.5. The number of carbonyl (C=O) groups is 1. The van der Waals surface area contributed by atoms with E-state index in [0.717, 1.165) is 29.2 Å². The first-order valence-electron chi connectivity index (χ1n) is 8.02. The van der Waals surface area contributed by atoms with Crippen molar-refractivity contribution in [2.24, 2.45) is 5.92 Å². The van der Waals surface area contributed by atoms with Crippen LogP contribution in [0.3, 0.4) is 0 Å². The van der Waals surface area contributed by atoms with Crippen LogP contribution in [-0.4, -0.2) is 33.3 Å². The summed E-state index contributed by atoms with van der Waals surface area (Å²) in [6, 6.07) is 8.12. The molecule has 1 saturated carbocycles. The van der Waals surface area contributed by atoms with Gasteiger partial charge in [0.1, 0.15) is 0 Å². The Bertz CT molecular complexity index is 712. The number of benzene rings is 1. The van der Waals surface area contributed by atoms with E-state index in [1.165, 1.54) is 12.8 Å². The fourth-order valence-electron chi connectivity index (χ4n) is 3.66. The molecule has 1 aliphatic carbocycles. The first-order valence-corrected chi connectivity index (χ1v) is 8.40. The zero-order valence-corrected chi connectivity index (χ0v) is 13.5. The minimum absolute atomic E-state index is 0.00300. The van der Waals surface area contributed by atoms with Gasteiger partial charge in [-0.25, -0.2) is 4.79 Å². The number of halogens is 1. The number of piperidine rings is 1. The summed E-state index contributed by atoms with van der Waals surface area (Å²) in [5, 5.41) is 8.00. The number of anilines is 1. The van der Waals surface area contributed by atoms with Crippen molar-refractivity contribution in [2.45, 2.75) is 31.8 Å². The first-order chi connectivity index (χ1) is 11.2. The smallest absolute Gasteiger partial charge is 0.321 e. The summed E-state index contributed by atoms with van der Waals surface area (Å²) < 4.78 is 1.81. The molecule has 2 unspecified atom stereocenters. The molecule has 4 rings (SSSR count).